The summed E-state index contributed by atoms with van der Waals surface area (Å²) in [7, 11) is 0. The number of nitrogens with zero attached hydrogens (tertiary/aromatic N) is 1. The van der Waals surface area contributed by atoms with E-state index in [1.54, 1.807) is 12.1 Å². The number of aliphatic hydroxyl groups is 1. The molecule has 2 fully saturated rings. The van der Waals surface area contributed by atoms with E-state index in [-0.39, 0.29) is 5.82 Å². The van der Waals surface area contributed by atoms with Gasteiger partial charge in [0.15, 0.2) is 0 Å². The third-order valence-electron chi connectivity index (χ3n) is 6.11. The molecule has 1 aliphatic carbocycles. The third kappa shape index (κ3) is 4.37. The lowest BCUT2D eigenvalue weighted by molar-refractivity contribution is -0.0492. The lowest BCUT2D eigenvalue weighted by Gasteiger charge is -2.40. The minimum absolute atomic E-state index is 0.224. The molecule has 1 saturated carbocycles. The molecule has 0 unspecified atom stereocenters. The first-order chi connectivity index (χ1) is 11.7. The molecule has 0 bridgehead atoms. The van der Waals surface area contributed by atoms with Crippen LogP contribution >= 0.6 is 0 Å². The summed E-state index contributed by atoms with van der Waals surface area (Å²) in [5.74, 6) is 0.0936. The number of halogens is 1. The fraction of sp³-hybridized carbons (Fsp3) is 0.714. The van der Waals surface area contributed by atoms with Crippen molar-refractivity contribution in [3.8, 4) is 0 Å². The van der Waals surface area contributed by atoms with E-state index < -0.39 is 5.60 Å². The Balaban J connectivity index is 1.67. The van der Waals surface area contributed by atoms with Gasteiger partial charge in [-0.15, -0.1) is 0 Å². The molecular formula is C21H32FNO. The van der Waals surface area contributed by atoms with E-state index in [0.717, 1.165) is 37.8 Å². The van der Waals surface area contributed by atoms with Gasteiger partial charge < -0.3 is 10.0 Å². The summed E-state index contributed by atoms with van der Waals surface area (Å²) in [6.45, 7) is 3.49. The van der Waals surface area contributed by atoms with Crippen LogP contribution in [0, 0.1) is 11.7 Å². The number of hydrogen-bond acceptors (Lipinski definition) is 2. The average Bonchev–Trinajstić information content (AvgIpc) is 2.64. The molecule has 24 heavy (non-hydrogen) atoms. The summed E-state index contributed by atoms with van der Waals surface area (Å²) in [5, 5.41) is 11.6. The van der Waals surface area contributed by atoms with Gasteiger partial charge in [0.05, 0.1) is 5.60 Å². The lowest BCUT2D eigenvalue weighted by Crippen LogP contribution is -2.38. The fourth-order valence-electron chi connectivity index (χ4n) is 4.66. The monoisotopic (exact) mass is 333 g/mol. The molecule has 0 spiro atoms. The highest BCUT2D eigenvalue weighted by Crippen LogP contribution is 2.42. The molecule has 0 amide bonds. The van der Waals surface area contributed by atoms with Crippen LogP contribution in [-0.4, -0.2) is 29.6 Å². The van der Waals surface area contributed by atoms with Gasteiger partial charge in [0.1, 0.15) is 5.82 Å². The second-order valence-corrected chi connectivity index (χ2v) is 7.77. The van der Waals surface area contributed by atoms with Crippen molar-refractivity contribution in [2.24, 2.45) is 5.92 Å². The zero-order chi connectivity index (χ0) is 16.8. The van der Waals surface area contributed by atoms with Crippen molar-refractivity contribution in [1.82, 2.24) is 4.90 Å². The van der Waals surface area contributed by atoms with E-state index in [9.17, 15) is 9.50 Å². The number of piperidine rings is 1. The summed E-state index contributed by atoms with van der Waals surface area (Å²) in [6, 6.07) is 6.58. The smallest absolute Gasteiger partial charge is 0.123 e. The van der Waals surface area contributed by atoms with Crippen LogP contribution in [0.5, 0.6) is 0 Å². The van der Waals surface area contributed by atoms with E-state index in [1.807, 2.05) is 0 Å². The van der Waals surface area contributed by atoms with Crippen molar-refractivity contribution in [2.45, 2.75) is 69.8 Å². The molecule has 3 heteroatoms. The zero-order valence-electron chi connectivity index (χ0n) is 14.9. The minimum Gasteiger partial charge on any atom is -0.385 e. The predicted octanol–water partition coefficient (Wildman–Crippen LogP) is 4.86. The average molecular weight is 333 g/mol. The Labute approximate surface area is 146 Å². The molecule has 1 atom stereocenters. The predicted molar refractivity (Wildman–Crippen MR) is 96.4 cm³/mol. The van der Waals surface area contributed by atoms with Crippen LogP contribution in [0.2, 0.25) is 0 Å². The van der Waals surface area contributed by atoms with Gasteiger partial charge in [-0.1, -0.05) is 37.8 Å². The van der Waals surface area contributed by atoms with Gasteiger partial charge in [0.25, 0.3) is 0 Å². The van der Waals surface area contributed by atoms with Crippen molar-refractivity contribution in [3.63, 3.8) is 0 Å². The highest BCUT2D eigenvalue weighted by Gasteiger charge is 2.38. The van der Waals surface area contributed by atoms with Gasteiger partial charge in [-0.3, -0.25) is 0 Å². The van der Waals surface area contributed by atoms with Crippen LogP contribution in [0.1, 0.15) is 69.8 Å². The van der Waals surface area contributed by atoms with Gasteiger partial charge in [-0.25, -0.2) is 4.39 Å². The van der Waals surface area contributed by atoms with Crippen LogP contribution in [0.4, 0.5) is 4.39 Å². The molecule has 1 aromatic rings. The molecule has 1 aromatic carbocycles. The van der Waals surface area contributed by atoms with Gasteiger partial charge in [0, 0.05) is 0 Å². The first-order valence-electron chi connectivity index (χ1n) is 9.89. The fourth-order valence-corrected chi connectivity index (χ4v) is 4.66. The summed E-state index contributed by atoms with van der Waals surface area (Å²) < 4.78 is 13.3. The molecule has 1 saturated heterocycles. The van der Waals surface area contributed by atoms with Crippen LogP contribution in [-0.2, 0) is 5.60 Å². The molecule has 2 aliphatic rings. The maximum atomic E-state index is 13.3. The van der Waals surface area contributed by atoms with Gasteiger partial charge >= 0.3 is 0 Å². The Morgan fingerprint density at radius 1 is 0.958 bits per heavy atom. The summed E-state index contributed by atoms with van der Waals surface area (Å²) in [4.78, 5) is 2.54. The first-order valence-corrected chi connectivity index (χ1v) is 9.89. The van der Waals surface area contributed by atoms with E-state index in [4.69, 9.17) is 0 Å². The van der Waals surface area contributed by atoms with Crippen LogP contribution in [0.15, 0.2) is 24.3 Å². The van der Waals surface area contributed by atoms with Crippen molar-refractivity contribution >= 4 is 0 Å². The van der Waals surface area contributed by atoms with Crippen molar-refractivity contribution in [1.29, 1.82) is 0 Å². The second-order valence-electron chi connectivity index (χ2n) is 7.77. The number of rotatable bonds is 6. The normalized spacial score (nSPS) is 23.1. The maximum absolute atomic E-state index is 13.3. The number of likely N-dealkylation sites (tertiary alicyclic amines) is 1. The topological polar surface area (TPSA) is 23.5 Å². The van der Waals surface area contributed by atoms with Crippen molar-refractivity contribution in [2.75, 3.05) is 19.6 Å². The Hall–Kier alpha value is -0.930. The molecule has 0 aromatic heterocycles. The van der Waals surface area contributed by atoms with Crippen LogP contribution < -0.4 is 0 Å². The van der Waals surface area contributed by atoms with Crippen LogP contribution in [0.25, 0.3) is 0 Å². The number of hydrogen-bond donors (Lipinski definition) is 1. The van der Waals surface area contributed by atoms with Crippen molar-refractivity contribution in [3.05, 3.63) is 35.6 Å². The molecule has 0 radical (unpaired) electrons. The van der Waals surface area contributed by atoms with E-state index in [2.05, 4.69) is 4.90 Å². The molecule has 1 N–H and O–H groups in total. The molecule has 2 nitrogen and oxygen atoms in total. The summed E-state index contributed by atoms with van der Waals surface area (Å²) >= 11 is 0. The SMILES string of the molecule is O[C@@](CCCN1CCCCC1)(c1ccc(F)cc1)C1CCCCC1. The lowest BCUT2D eigenvalue weighted by atomic mass is 9.71. The van der Waals surface area contributed by atoms with Crippen molar-refractivity contribution < 1.29 is 9.50 Å². The van der Waals surface area contributed by atoms with Gasteiger partial charge in [-0.05, 0) is 81.8 Å². The molecule has 134 valence electrons. The summed E-state index contributed by atoms with van der Waals surface area (Å²) in [5.41, 5.74) is 0.124. The maximum Gasteiger partial charge on any atom is 0.123 e. The highest BCUT2D eigenvalue weighted by atomic mass is 19.1. The molecular weight excluding hydrogens is 301 g/mol. The molecule has 3 rings (SSSR count). The van der Waals surface area contributed by atoms with Crippen LogP contribution in [0.3, 0.4) is 0 Å². The minimum atomic E-state index is -0.788. The molecule has 1 heterocycles. The summed E-state index contributed by atoms with van der Waals surface area (Å²) in [6.07, 6.45) is 11.7. The Morgan fingerprint density at radius 2 is 1.58 bits per heavy atom. The van der Waals surface area contributed by atoms with E-state index in [0.29, 0.717) is 5.92 Å². The quantitative estimate of drug-likeness (QED) is 0.803. The Kier molecular flexibility index (Phi) is 6.29. The third-order valence-corrected chi connectivity index (χ3v) is 6.11. The number of benzene rings is 1. The Morgan fingerprint density at radius 3 is 2.25 bits per heavy atom. The molecule has 1 aliphatic heterocycles. The second kappa shape index (κ2) is 8.44. The largest absolute Gasteiger partial charge is 0.385 e. The Bertz CT molecular complexity index is 491. The zero-order valence-corrected chi connectivity index (χ0v) is 14.9. The van der Waals surface area contributed by atoms with Gasteiger partial charge in [-0.2, -0.15) is 0 Å². The first kappa shape index (κ1) is 17.9. The standard InChI is InChI=1S/C21H32FNO/c22-20-12-10-19(11-13-20)21(24,18-8-3-1-4-9-18)14-7-17-23-15-5-2-6-16-23/h10-13,18,24H,1-9,14-17H2/t21-/m1/s1. The van der Waals surface area contributed by atoms with Gasteiger partial charge in [0.2, 0.25) is 0 Å². The van der Waals surface area contributed by atoms with E-state index >= 15 is 0 Å². The highest BCUT2D eigenvalue weighted by molar-refractivity contribution is 5.24. The van der Waals surface area contributed by atoms with E-state index in [1.165, 1.54) is 63.7 Å².